The quantitative estimate of drug-likeness (QED) is 0.434. The molecule has 7 nitrogen and oxygen atoms in total. The van der Waals surface area contributed by atoms with Crippen LogP contribution in [0.4, 0.5) is 9.59 Å². The zero-order valence-electron chi connectivity index (χ0n) is 21.8. The van der Waals surface area contributed by atoms with Crippen molar-refractivity contribution in [1.82, 2.24) is 9.80 Å². The van der Waals surface area contributed by atoms with Crippen LogP contribution in [0.3, 0.4) is 0 Å². The molecule has 2 unspecified atom stereocenters. The summed E-state index contributed by atoms with van der Waals surface area (Å²) in [7, 11) is 0. The van der Waals surface area contributed by atoms with Crippen molar-refractivity contribution in [2.75, 3.05) is 19.7 Å². The van der Waals surface area contributed by atoms with Crippen LogP contribution in [0, 0.1) is 0 Å². The number of piperidine rings is 1. The van der Waals surface area contributed by atoms with Gasteiger partial charge in [-0.3, -0.25) is 4.90 Å². The molecule has 1 aliphatic rings. The summed E-state index contributed by atoms with van der Waals surface area (Å²) in [5.74, 6) is 0. The first-order valence-corrected chi connectivity index (χ1v) is 12.4. The smallest absolute Gasteiger partial charge is 0.410 e. The largest absolute Gasteiger partial charge is 0.445 e. The molecule has 7 heteroatoms. The molecule has 36 heavy (non-hydrogen) atoms. The fourth-order valence-corrected chi connectivity index (χ4v) is 4.07. The number of benzene rings is 2. The molecule has 2 aromatic carbocycles. The van der Waals surface area contributed by atoms with Gasteiger partial charge in [-0.05, 0) is 45.2 Å². The number of hydrogen-bond donors (Lipinski definition) is 0. The van der Waals surface area contributed by atoms with Crippen molar-refractivity contribution in [2.24, 2.45) is 0 Å². The zero-order valence-corrected chi connectivity index (χ0v) is 21.8. The number of amides is 2. The number of hydrogen-bond acceptors (Lipinski definition) is 5. The highest BCUT2D eigenvalue weighted by atomic mass is 16.6. The lowest BCUT2D eigenvalue weighted by Gasteiger charge is -2.43. The second kappa shape index (κ2) is 12.6. The van der Waals surface area contributed by atoms with Crippen LogP contribution in [0.5, 0.6) is 0 Å². The highest BCUT2D eigenvalue weighted by Crippen LogP contribution is 2.25. The maximum Gasteiger partial charge on any atom is 0.410 e. The molecule has 0 N–H and O–H groups in total. The molecule has 2 aromatic rings. The second-order valence-electron chi connectivity index (χ2n) is 10.2. The molecule has 1 saturated heterocycles. The molecule has 0 bridgehead atoms. The van der Waals surface area contributed by atoms with Crippen molar-refractivity contribution >= 4 is 12.2 Å². The molecule has 1 heterocycles. The Labute approximate surface area is 214 Å². The van der Waals surface area contributed by atoms with E-state index in [2.05, 4.69) is 6.58 Å². The normalized spacial score (nSPS) is 17.8. The van der Waals surface area contributed by atoms with Crippen LogP contribution in [-0.2, 0) is 27.4 Å². The van der Waals surface area contributed by atoms with Gasteiger partial charge in [-0.2, -0.15) is 0 Å². The van der Waals surface area contributed by atoms with Crippen molar-refractivity contribution in [2.45, 2.75) is 65.0 Å². The molecule has 0 aromatic heterocycles. The van der Waals surface area contributed by atoms with Gasteiger partial charge in [0.2, 0.25) is 0 Å². The SMILES string of the molecule is C=C(C)COC1CN(C(=O)OC(C)(C)C)CCC1N(Cc1ccccc1)C(=O)OCc1ccccc1. The number of rotatable bonds is 8. The Morgan fingerprint density at radius 1 is 1.03 bits per heavy atom. The molecular weight excluding hydrogens is 456 g/mol. The first-order chi connectivity index (χ1) is 17.1. The minimum Gasteiger partial charge on any atom is -0.445 e. The average Bonchev–Trinajstić information content (AvgIpc) is 2.84. The van der Waals surface area contributed by atoms with Crippen molar-refractivity contribution in [3.63, 3.8) is 0 Å². The van der Waals surface area contributed by atoms with Gasteiger partial charge >= 0.3 is 12.2 Å². The first kappa shape index (κ1) is 27.3. The van der Waals surface area contributed by atoms with Gasteiger partial charge in [0, 0.05) is 13.1 Å². The van der Waals surface area contributed by atoms with Crippen LogP contribution >= 0.6 is 0 Å². The fourth-order valence-electron chi connectivity index (χ4n) is 4.07. The average molecular weight is 495 g/mol. The van der Waals surface area contributed by atoms with E-state index in [-0.39, 0.29) is 18.7 Å². The number of carbonyl (C=O) groups excluding carboxylic acids is 2. The predicted octanol–water partition coefficient (Wildman–Crippen LogP) is 5.80. The lowest BCUT2D eigenvalue weighted by molar-refractivity contribution is -0.0569. The summed E-state index contributed by atoms with van der Waals surface area (Å²) < 4.78 is 17.5. The van der Waals surface area contributed by atoms with E-state index in [9.17, 15) is 9.59 Å². The Morgan fingerprint density at radius 2 is 1.64 bits per heavy atom. The summed E-state index contributed by atoms with van der Waals surface area (Å²) in [6.07, 6.45) is -0.683. The summed E-state index contributed by atoms with van der Waals surface area (Å²) in [5.41, 5.74) is 2.18. The maximum atomic E-state index is 13.4. The minimum atomic E-state index is -0.595. The van der Waals surface area contributed by atoms with E-state index < -0.39 is 17.8 Å². The topological polar surface area (TPSA) is 68.3 Å². The molecule has 2 amide bonds. The van der Waals surface area contributed by atoms with E-state index in [4.69, 9.17) is 14.2 Å². The molecule has 0 radical (unpaired) electrons. The lowest BCUT2D eigenvalue weighted by Crippen LogP contribution is -2.58. The molecule has 3 rings (SSSR count). The van der Waals surface area contributed by atoms with E-state index in [1.54, 1.807) is 9.80 Å². The van der Waals surface area contributed by atoms with Crippen LogP contribution in [-0.4, -0.2) is 59.4 Å². The van der Waals surface area contributed by atoms with Gasteiger partial charge in [-0.15, -0.1) is 0 Å². The van der Waals surface area contributed by atoms with Gasteiger partial charge in [0.05, 0.1) is 25.3 Å². The van der Waals surface area contributed by atoms with Crippen molar-refractivity contribution < 1.29 is 23.8 Å². The Kier molecular flexibility index (Phi) is 9.53. The Morgan fingerprint density at radius 3 is 2.22 bits per heavy atom. The third-order valence-corrected chi connectivity index (χ3v) is 5.76. The van der Waals surface area contributed by atoms with Gasteiger partial charge in [0.25, 0.3) is 0 Å². The molecule has 0 aliphatic carbocycles. The van der Waals surface area contributed by atoms with Crippen molar-refractivity contribution in [3.8, 4) is 0 Å². The van der Waals surface area contributed by atoms with Crippen molar-refractivity contribution in [3.05, 3.63) is 83.9 Å². The van der Waals surface area contributed by atoms with E-state index >= 15 is 0 Å². The monoisotopic (exact) mass is 494 g/mol. The van der Waals surface area contributed by atoms with Gasteiger partial charge in [-0.1, -0.05) is 72.8 Å². The maximum absolute atomic E-state index is 13.4. The third-order valence-electron chi connectivity index (χ3n) is 5.76. The Hall–Kier alpha value is -3.32. The molecule has 194 valence electrons. The third kappa shape index (κ3) is 8.41. The molecule has 2 atom stereocenters. The summed E-state index contributed by atoms with van der Waals surface area (Å²) in [5, 5.41) is 0. The molecule has 0 saturated carbocycles. The second-order valence-corrected chi connectivity index (χ2v) is 10.2. The van der Waals surface area contributed by atoms with Gasteiger partial charge in [0.1, 0.15) is 12.2 Å². The molecule has 1 fully saturated rings. The molecular formula is C29H38N2O5. The Balaban J connectivity index is 1.81. The van der Waals surface area contributed by atoms with E-state index in [0.717, 1.165) is 16.7 Å². The van der Waals surface area contributed by atoms with Crippen LogP contribution < -0.4 is 0 Å². The summed E-state index contributed by atoms with van der Waals surface area (Å²) in [4.78, 5) is 29.6. The van der Waals surface area contributed by atoms with Crippen molar-refractivity contribution in [1.29, 1.82) is 0 Å². The molecule has 1 aliphatic heterocycles. The van der Waals surface area contributed by atoms with Gasteiger partial charge in [0.15, 0.2) is 0 Å². The van der Waals surface area contributed by atoms with Crippen LogP contribution in [0.15, 0.2) is 72.8 Å². The Bertz CT molecular complexity index is 1000. The molecule has 0 spiro atoms. The first-order valence-electron chi connectivity index (χ1n) is 12.4. The lowest BCUT2D eigenvalue weighted by atomic mass is 9.99. The summed E-state index contributed by atoms with van der Waals surface area (Å²) in [6.45, 7) is 13.0. The van der Waals surface area contributed by atoms with Crippen LogP contribution in [0.2, 0.25) is 0 Å². The van der Waals surface area contributed by atoms with E-state index in [1.165, 1.54) is 0 Å². The zero-order chi connectivity index (χ0) is 26.1. The number of ether oxygens (including phenoxy) is 3. The fraction of sp³-hybridized carbons (Fsp3) is 0.448. The number of likely N-dealkylation sites (tertiary alicyclic amines) is 1. The standard InChI is InChI=1S/C29H38N2O5/c1-22(2)20-34-26-19-30(27(32)36-29(3,4)5)17-16-25(26)31(18-23-12-8-6-9-13-23)28(33)35-21-24-14-10-7-11-15-24/h6-15,25-26H,1,16-21H2,2-5H3. The summed E-state index contributed by atoms with van der Waals surface area (Å²) in [6, 6.07) is 19.1. The number of nitrogens with zero attached hydrogens (tertiary/aromatic N) is 2. The van der Waals surface area contributed by atoms with Gasteiger partial charge in [-0.25, -0.2) is 9.59 Å². The summed E-state index contributed by atoms with van der Waals surface area (Å²) >= 11 is 0. The van der Waals surface area contributed by atoms with Crippen LogP contribution in [0.25, 0.3) is 0 Å². The van der Waals surface area contributed by atoms with Gasteiger partial charge < -0.3 is 19.1 Å². The highest BCUT2D eigenvalue weighted by molar-refractivity contribution is 5.69. The number of carbonyl (C=O) groups is 2. The predicted molar refractivity (Wildman–Crippen MR) is 139 cm³/mol. The van der Waals surface area contributed by atoms with E-state index in [1.807, 2.05) is 88.4 Å². The van der Waals surface area contributed by atoms with E-state index in [0.29, 0.717) is 32.7 Å². The highest BCUT2D eigenvalue weighted by Gasteiger charge is 2.39. The minimum absolute atomic E-state index is 0.180. The van der Waals surface area contributed by atoms with Crippen LogP contribution in [0.1, 0.15) is 45.2 Å².